The molecule has 0 N–H and O–H groups in total. The van der Waals surface area contributed by atoms with E-state index in [1.54, 1.807) is 16.4 Å². The number of fused-ring (bicyclic) bond motifs is 1. The maximum atomic E-state index is 13.2. The molecule has 0 bridgehead atoms. The molecular weight excluding hydrogens is 442 g/mol. The second kappa shape index (κ2) is 9.29. The van der Waals surface area contributed by atoms with E-state index in [0.717, 1.165) is 41.5 Å². The summed E-state index contributed by atoms with van der Waals surface area (Å²) in [5.41, 5.74) is 2.62. The van der Waals surface area contributed by atoms with Crippen LogP contribution in [0.2, 0.25) is 0 Å². The van der Waals surface area contributed by atoms with Gasteiger partial charge in [-0.2, -0.15) is 9.30 Å². The van der Waals surface area contributed by atoms with Gasteiger partial charge in [0.2, 0.25) is 10.0 Å². The summed E-state index contributed by atoms with van der Waals surface area (Å²) in [4.78, 5) is 18.1. The minimum Gasteiger partial charge on any atom is -0.316 e. The summed E-state index contributed by atoms with van der Waals surface area (Å²) in [6.45, 7) is 7.38. The molecule has 2 aromatic carbocycles. The van der Waals surface area contributed by atoms with E-state index in [0.29, 0.717) is 23.5 Å². The number of piperidine rings is 1. The Labute approximate surface area is 193 Å². The van der Waals surface area contributed by atoms with E-state index >= 15 is 0 Å². The number of nitrogens with zero attached hydrogens (tertiary/aromatic N) is 3. The van der Waals surface area contributed by atoms with Gasteiger partial charge in [0.05, 0.1) is 15.1 Å². The molecule has 3 aromatic rings. The van der Waals surface area contributed by atoms with Crippen LogP contribution in [0.1, 0.15) is 55.5 Å². The lowest BCUT2D eigenvalue weighted by Crippen LogP contribution is -2.43. The van der Waals surface area contributed by atoms with Crippen molar-refractivity contribution in [2.45, 2.75) is 63.9 Å². The van der Waals surface area contributed by atoms with E-state index in [9.17, 15) is 13.2 Å². The molecule has 6 nitrogen and oxygen atoms in total. The average Bonchev–Trinajstić information content (AvgIpc) is 3.17. The van der Waals surface area contributed by atoms with E-state index in [1.165, 1.54) is 23.5 Å². The number of thiazole rings is 1. The van der Waals surface area contributed by atoms with Crippen LogP contribution in [0.25, 0.3) is 10.2 Å². The number of rotatable bonds is 5. The monoisotopic (exact) mass is 471 g/mol. The molecule has 0 radical (unpaired) electrons. The zero-order valence-electron chi connectivity index (χ0n) is 18.7. The average molecular weight is 472 g/mol. The molecule has 1 saturated heterocycles. The molecule has 0 spiro atoms. The van der Waals surface area contributed by atoms with E-state index in [-0.39, 0.29) is 16.8 Å². The van der Waals surface area contributed by atoms with Crippen LogP contribution in [0, 0.1) is 6.92 Å². The summed E-state index contributed by atoms with van der Waals surface area (Å²) in [5.74, 6) is -0.371. The highest BCUT2D eigenvalue weighted by atomic mass is 32.2. The zero-order chi connectivity index (χ0) is 22.9. The van der Waals surface area contributed by atoms with Gasteiger partial charge in [-0.25, -0.2) is 8.42 Å². The Hall–Kier alpha value is -2.29. The minimum absolute atomic E-state index is 0.0472. The van der Waals surface area contributed by atoms with Crippen molar-refractivity contribution in [2.24, 2.45) is 4.99 Å². The molecule has 32 heavy (non-hydrogen) atoms. The van der Waals surface area contributed by atoms with Crippen LogP contribution in [-0.4, -0.2) is 35.8 Å². The first kappa shape index (κ1) is 22.9. The third-order valence-corrected chi connectivity index (χ3v) is 9.18. The number of aryl methyl sites for hydroxylation is 2. The first-order chi connectivity index (χ1) is 15.4. The van der Waals surface area contributed by atoms with Crippen LogP contribution in [0.5, 0.6) is 0 Å². The lowest BCUT2D eigenvalue weighted by atomic mass is 10.0. The highest BCUT2D eigenvalue weighted by molar-refractivity contribution is 7.89. The number of hydrogen-bond donors (Lipinski definition) is 0. The molecule has 8 heteroatoms. The van der Waals surface area contributed by atoms with Gasteiger partial charge in [0.25, 0.3) is 5.91 Å². The van der Waals surface area contributed by atoms with Gasteiger partial charge in [-0.05, 0) is 69.0 Å². The summed E-state index contributed by atoms with van der Waals surface area (Å²) in [7, 11) is -3.57. The Morgan fingerprint density at radius 3 is 2.56 bits per heavy atom. The summed E-state index contributed by atoms with van der Waals surface area (Å²) >= 11 is 1.49. The highest BCUT2D eigenvalue weighted by Crippen LogP contribution is 2.27. The third kappa shape index (κ3) is 4.19. The molecule has 1 amide bonds. The molecular formula is C24H29N3O3S2. The molecule has 1 aliphatic heterocycles. The molecule has 1 aromatic heterocycles. The standard InChI is InChI=1S/C24H29N3O3S2/c1-4-19-10-6-7-16-27(19)32(29,30)20-14-12-18(13-15-20)23(28)25-24-26(5-2)22-17(3)9-8-11-21(22)31-24/h8-9,11-15,19H,4-7,10,16H2,1-3H3. The van der Waals surface area contributed by atoms with Gasteiger partial charge in [-0.15, -0.1) is 0 Å². The van der Waals surface area contributed by atoms with E-state index in [2.05, 4.69) is 18.0 Å². The topological polar surface area (TPSA) is 71.7 Å². The fourth-order valence-corrected chi connectivity index (χ4v) is 7.38. The van der Waals surface area contributed by atoms with Crippen molar-refractivity contribution < 1.29 is 13.2 Å². The second-order valence-corrected chi connectivity index (χ2v) is 11.1. The maximum absolute atomic E-state index is 13.2. The molecule has 0 aliphatic carbocycles. The van der Waals surface area contributed by atoms with Crippen molar-refractivity contribution >= 4 is 37.5 Å². The molecule has 4 rings (SSSR count). The fraction of sp³-hybridized carbons (Fsp3) is 0.417. The minimum atomic E-state index is -3.57. The lowest BCUT2D eigenvalue weighted by molar-refractivity contribution is 0.0997. The smallest absolute Gasteiger partial charge is 0.279 e. The van der Waals surface area contributed by atoms with Crippen LogP contribution < -0.4 is 4.80 Å². The molecule has 2 heterocycles. The van der Waals surface area contributed by atoms with Crippen LogP contribution in [-0.2, 0) is 16.6 Å². The van der Waals surface area contributed by atoms with Gasteiger partial charge in [-0.1, -0.05) is 36.8 Å². The lowest BCUT2D eigenvalue weighted by Gasteiger charge is -2.34. The predicted molar refractivity (Wildman–Crippen MR) is 128 cm³/mol. The maximum Gasteiger partial charge on any atom is 0.279 e. The molecule has 170 valence electrons. The number of carbonyl (C=O) groups is 1. The zero-order valence-corrected chi connectivity index (χ0v) is 20.4. The van der Waals surface area contributed by atoms with Crippen molar-refractivity contribution in [3.63, 3.8) is 0 Å². The number of para-hydroxylation sites is 1. The Morgan fingerprint density at radius 2 is 1.88 bits per heavy atom. The van der Waals surface area contributed by atoms with E-state index in [4.69, 9.17) is 0 Å². The van der Waals surface area contributed by atoms with Gasteiger partial charge >= 0.3 is 0 Å². The Morgan fingerprint density at radius 1 is 1.12 bits per heavy atom. The summed E-state index contributed by atoms with van der Waals surface area (Å²) in [6.07, 6.45) is 3.66. The Balaban J connectivity index is 1.65. The predicted octanol–water partition coefficient (Wildman–Crippen LogP) is 4.73. The van der Waals surface area contributed by atoms with Gasteiger partial charge < -0.3 is 4.57 Å². The van der Waals surface area contributed by atoms with Crippen LogP contribution in [0.4, 0.5) is 0 Å². The Bertz CT molecular complexity index is 1300. The van der Waals surface area contributed by atoms with Crippen molar-refractivity contribution in [1.29, 1.82) is 0 Å². The molecule has 1 aliphatic rings. The molecule has 1 fully saturated rings. The van der Waals surface area contributed by atoms with Crippen molar-refractivity contribution in [2.75, 3.05) is 6.54 Å². The molecule has 1 atom stereocenters. The normalized spacial score (nSPS) is 18.3. The van der Waals surface area contributed by atoms with Crippen LogP contribution in [0.3, 0.4) is 0 Å². The van der Waals surface area contributed by atoms with Crippen molar-refractivity contribution in [3.8, 4) is 0 Å². The van der Waals surface area contributed by atoms with Crippen LogP contribution >= 0.6 is 11.3 Å². The van der Waals surface area contributed by atoms with E-state index < -0.39 is 10.0 Å². The van der Waals surface area contributed by atoms with Crippen molar-refractivity contribution in [3.05, 3.63) is 58.4 Å². The largest absolute Gasteiger partial charge is 0.316 e. The SMILES string of the molecule is CCC1CCCCN1S(=O)(=O)c1ccc(C(=O)N=c2sc3cccc(C)c3n2CC)cc1. The number of amides is 1. The number of benzene rings is 2. The van der Waals surface area contributed by atoms with Crippen molar-refractivity contribution in [1.82, 2.24) is 8.87 Å². The molecule has 0 saturated carbocycles. The summed E-state index contributed by atoms with van der Waals surface area (Å²) in [6, 6.07) is 12.3. The number of sulfonamides is 1. The summed E-state index contributed by atoms with van der Waals surface area (Å²) in [5, 5.41) is 0. The number of aromatic nitrogens is 1. The third-order valence-electron chi connectivity index (χ3n) is 6.17. The molecule has 1 unspecified atom stereocenters. The number of hydrogen-bond acceptors (Lipinski definition) is 4. The first-order valence-corrected chi connectivity index (χ1v) is 13.4. The van der Waals surface area contributed by atoms with E-state index in [1.807, 2.05) is 30.5 Å². The summed E-state index contributed by atoms with van der Waals surface area (Å²) < 4.78 is 31.1. The van der Waals surface area contributed by atoms with Crippen LogP contribution in [0.15, 0.2) is 52.4 Å². The highest BCUT2D eigenvalue weighted by Gasteiger charge is 2.32. The van der Waals surface area contributed by atoms with Gasteiger partial charge in [-0.3, -0.25) is 4.79 Å². The number of carbonyl (C=O) groups excluding carboxylic acids is 1. The quantitative estimate of drug-likeness (QED) is 0.540. The Kier molecular flexibility index (Phi) is 6.65. The first-order valence-electron chi connectivity index (χ1n) is 11.2. The second-order valence-electron chi connectivity index (χ2n) is 8.17. The fourth-order valence-electron chi connectivity index (χ4n) is 4.44. The van der Waals surface area contributed by atoms with Gasteiger partial charge in [0.15, 0.2) is 4.80 Å². The van der Waals surface area contributed by atoms with Gasteiger partial charge in [0.1, 0.15) is 0 Å². The van der Waals surface area contributed by atoms with Gasteiger partial charge in [0, 0.05) is 24.7 Å².